The molecule has 0 aliphatic heterocycles. The number of thiophene rings is 1. The molecule has 0 unspecified atom stereocenters. The van der Waals surface area contributed by atoms with Crippen molar-refractivity contribution in [1.29, 1.82) is 5.41 Å². The molecular weight excluding hydrogens is 235 g/mol. The van der Waals surface area contributed by atoms with Crippen LogP contribution in [0.3, 0.4) is 0 Å². The summed E-state index contributed by atoms with van der Waals surface area (Å²) < 4.78 is 0.782. The summed E-state index contributed by atoms with van der Waals surface area (Å²) in [5.74, 6) is 0.743. The Kier molecular flexibility index (Phi) is 5.74. The fraction of sp³-hybridized carbons (Fsp3) is 0.167. The van der Waals surface area contributed by atoms with E-state index in [0.717, 1.165) is 15.0 Å². The molecule has 0 fully saturated rings. The first-order chi connectivity index (χ1) is 5.18. The number of hydrogen-bond acceptors (Lipinski definition) is 3. The average molecular weight is 243 g/mol. The number of amidine groups is 1. The van der Waals surface area contributed by atoms with Gasteiger partial charge in [-0.2, -0.15) is 0 Å². The quantitative estimate of drug-likeness (QED) is 0.619. The second kappa shape index (κ2) is 5.70. The summed E-state index contributed by atoms with van der Waals surface area (Å²) in [5.41, 5.74) is 5.16. The highest BCUT2D eigenvalue weighted by atomic mass is 35.5. The van der Waals surface area contributed by atoms with Crippen LogP contribution in [0.5, 0.6) is 0 Å². The second-order valence-corrected chi connectivity index (χ2v) is 4.68. The third-order valence-electron chi connectivity index (χ3n) is 0.999. The molecule has 0 aliphatic carbocycles. The Morgan fingerprint density at radius 1 is 1.67 bits per heavy atom. The Morgan fingerprint density at radius 3 is 2.75 bits per heavy atom. The number of halogens is 2. The van der Waals surface area contributed by atoms with E-state index >= 15 is 0 Å². The van der Waals surface area contributed by atoms with E-state index in [2.05, 4.69) is 0 Å². The summed E-state index contributed by atoms with van der Waals surface area (Å²) in [6.45, 7) is 0. The van der Waals surface area contributed by atoms with Crippen molar-refractivity contribution < 1.29 is 0 Å². The SMILES string of the molecule is Cl.N=C(N)SCc1ccc(Cl)s1. The molecule has 0 aliphatic rings. The van der Waals surface area contributed by atoms with E-state index < -0.39 is 0 Å². The highest BCUT2D eigenvalue weighted by Gasteiger charge is 1.98. The van der Waals surface area contributed by atoms with Gasteiger partial charge in [0.2, 0.25) is 0 Å². The summed E-state index contributed by atoms with van der Waals surface area (Å²) in [4.78, 5) is 1.15. The highest BCUT2D eigenvalue weighted by Crippen LogP contribution is 2.24. The fourth-order valence-corrected chi connectivity index (χ4v) is 2.27. The molecule has 3 N–H and O–H groups in total. The van der Waals surface area contributed by atoms with E-state index in [4.69, 9.17) is 22.7 Å². The maximum atomic E-state index is 6.96. The first kappa shape index (κ1) is 12.1. The van der Waals surface area contributed by atoms with E-state index in [9.17, 15) is 0 Å². The molecule has 0 radical (unpaired) electrons. The number of thioether (sulfide) groups is 1. The predicted octanol–water partition coefficient (Wildman–Crippen LogP) is 2.95. The summed E-state index contributed by atoms with van der Waals surface area (Å²) in [6, 6.07) is 3.80. The molecule has 1 heterocycles. The van der Waals surface area contributed by atoms with E-state index in [-0.39, 0.29) is 17.6 Å². The van der Waals surface area contributed by atoms with Crippen LogP contribution in [0.25, 0.3) is 0 Å². The molecule has 12 heavy (non-hydrogen) atoms. The first-order valence-electron chi connectivity index (χ1n) is 2.89. The van der Waals surface area contributed by atoms with Crippen LogP contribution < -0.4 is 5.73 Å². The van der Waals surface area contributed by atoms with Gasteiger partial charge in [-0.05, 0) is 12.1 Å². The summed E-state index contributed by atoms with van der Waals surface area (Å²) >= 11 is 8.53. The molecule has 0 amide bonds. The minimum atomic E-state index is 0. The smallest absolute Gasteiger partial charge is 0.151 e. The highest BCUT2D eigenvalue weighted by molar-refractivity contribution is 8.13. The van der Waals surface area contributed by atoms with Crippen molar-refractivity contribution in [2.45, 2.75) is 5.75 Å². The number of rotatable bonds is 2. The van der Waals surface area contributed by atoms with Crippen molar-refractivity contribution >= 4 is 52.3 Å². The Balaban J connectivity index is 0.00000121. The Labute approximate surface area is 90.4 Å². The van der Waals surface area contributed by atoms with Gasteiger partial charge in [0.1, 0.15) is 0 Å². The van der Waals surface area contributed by atoms with Gasteiger partial charge >= 0.3 is 0 Å². The maximum absolute atomic E-state index is 6.96. The van der Waals surface area contributed by atoms with Crippen LogP contribution in [0, 0.1) is 5.41 Å². The van der Waals surface area contributed by atoms with Crippen LogP contribution in [0.2, 0.25) is 4.34 Å². The molecule has 6 heteroatoms. The third kappa shape index (κ3) is 4.21. The molecule has 0 saturated heterocycles. The zero-order chi connectivity index (χ0) is 8.27. The molecule has 0 atom stereocenters. The van der Waals surface area contributed by atoms with Crippen LogP contribution in [0.1, 0.15) is 4.88 Å². The lowest BCUT2D eigenvalue weighted by Gasteiger charge is -1.93. The van der Waals surface area contributed by atoms with Gasteiger partial charge < -0.3 is 5.73 Å². The van der Waals surface area contributed by atoms with Crippen LogP contribution in [-0.4, -0.2) is 5.17 Å². The normalized spacial score (nSPS) is 9.08. The van der Waals surface area contributed by atoms with Gasteiger partial charge in [0.15, 0.2) is 5.17 Å². The Morgan fingerprint density at radius 2 is 2.33 bits per heavy atom. The lowest BCUT2D eigenvalue weighted by Crippen LogP contribution is -2.03. The largest absolute Gasteiger partial charge is 0.379 e. The minimum absolute atomic E-state index is 0. The van der Waals surface area contributed by atoms with E-state index in [1.807, 2.05) is 12.1 Å². The monoisotopic (exact) mass is 242 g/mol. The van der Waals surface area contributed by atoms with Gasteiger partial charge in [-0.25, -0.2) is 0 Å². The zero-order valence-corrected chi connectivity index (χ0v) is 9.25. The summed E-state index contributed by atoms with van der Waals surface area (Å²) in [7, 11) is 0. The van der Waals surface area contributed by atoms with Gasteiger partial charge in [-0.15, -0.1) is 23.7 Å². The Bertz CT molecular complexity index is 262. The molecule has 1 aromatic rings. The first-order valence-corrected chi connectivity index (χ1v) is 5.07. The van der Waals surface area contributed by atoms with Crippen molar-refractivity contribution in [3.8, 4) is 0 Å². The molecule has 1 aromatic heterocycles. The molecule has 0 spiro atoms. The molecule has 2 nitrogen and oxygen atoms in total. The van der Waals surface area contributed by atoms with Crippen LogP contribution >= 0.6 is 47.1 Å². The Hall–Kier alpha value is 0.1000. The lowest BCUT2D eigenvalue weighted by molar-refractivity contribution is 1.49. The van der Waals surface area contributed by atoms with Gasteiger partial charge in [-0.3, -0.25) is 5.41 Å². The van der Waals surface area contributed by atoms with Crippen molar-refractivity contribution in [3.63, 3.8) is 0 Å². The van der Waals surface area contributed by atoms with E-state index in [1.165, 1.54) is 23.1 Å². The summed E-state index contributed by atoms with van der Waals surface area (Å²) in [5, 5.41) is 7.11. The van der Waals surface area contributed by atoms with Crippen LogP contribution in [0.4, 0.5) is 0 Å². The van der Waals surface area contributed by atoms with Gasteiger partial charge in [0.25, 0.3) is 0 Å². The van der Waals surface area contributed by atoms with E-state index in [1.54, 1.807) is 0 Å². The predicted molar refractivity (Wildman–Crippen MR) is 59.8 cm³/mol. The van der Waals surface area contributed by atoms with Crippen molar-refractivity contribution in [3.05, 3.63) is 21.3 Å². The fourth-order valence-electron chi connectivity index (χ4n) is 0.578. The lowest BCUT2D eigenvalue weighted by atomic mass is 10.5. The van der Waals surface area contributed by atoms with Gasteiger partial charge in [-0.1, -0.05) is 23.4 Å². The summed E-state index contributed by atoms with van der Waals surface area (Å²) in [6.07, 6.45) is 0. The topological polar surface area (TPSA) is 49.9 Å². The number of nitrogens with two attached hydrogens (primary N) is 1. The van der Waals surface area contributed by atoms with E-state index in [0.29, 0.717) is 0 Å². The maximum Gasteiger partial charge on any atom is 0.151 e. The molecule has 0 bridgehead atoms. The zero-order valence-electron chi connectivity index (χ0n) is 6.04. The van der Waals surface area contributed by atoms with Crippen molar-refractivity contribution in [1.82, 2.24) is 0 Å². The molecule has 68 valence electrons. The second-order valence-electron chi connectivity index (χ2n) is 1.86. The molecule has 0 aromatic carbocycles. The average Bonchev–Trinajstić information content (AvgIpc) is 2.31. The van der Waals surface area contributed by atoms with Crippen molar-refractivity contribution in [2.24, 2.45) is 5.73 Å². The number of hydrogen-bond donors (Lipinski definition) is 2. The molecule has 1 rings (SSSR count). The standard InChI is InChI=1S/C6H7ClN2S2.ClH/c7-5-2-1-4(11-5)3-10-6(8)9;/h1-2H,3H2,(H3,8,9);1H. The minimum Gasteiger partial charge on any atom is -0.379 e. The molecule has 0 saturated carbocycles. The molecular formula is C6H8Cl2N2S2. The number of nitrogens with one attached hydrogen (secondary N) is 1. The van der Waals surface area contributed by atoms with Gasteiger partial charge in [0.05, 0.1) is 4.34 Å². The van der Waals surface area contributed by atoms with Crippen LogP contribution in [0.15, 0.2) is 12.1 Å². The van der Waals surface area contributed by atoms with Crippen molar-refractivity contribution in [2.75, 3.05) is 0 Å². The van der Waals surface area contributed by atoms with Crippen LogP contribution in [-0.2, 0) is 5.75 Å². The van der Waals surface area contributed by atoms with Gasteiger partial charge in [0, 0.05) is 10.6 Å². The third-order valence-corrected chi connectivity index (χ3v) is 3.18.